The maximum Gasteiger partial charge on any atom is 0.468 e. The van der Waals surface area contributed by atoms with Crippen LogP contribution in [-0.2, 0) is 16.1 Å². The highest BCUT2D eigenvalue weighted by Crippen LogP contribution is 2.29. The number of piperazine rings is 1. The fourth-order valence-electron chi connectivity index (χ4n) is 2.59. The van der Waals surface area contributed by atoms with Crippen molar-refractivity contribution in [2.45, 2.75) is 20.4 Å². The quantitative estimate of drug-likeness (QED) is 0.530. The summed E-state index contributed by atoms with van der Waals surface area (Å²) in [5.41, 5.74) is -0.796. The Morgan fingerprint density at radius 2 is 1.69 bits per heavy atom. The van der Waals surface area contributed by atoms with Gasteiger partial charge in [-0.1, -0.05) is 0 Å². The molecule has 13 nitrogen and oxygen atoms in total. The van der Waals surface area contributed by atoms with Gasteiger partial charge in [0.15, 0.2) is 0 Å². The Labute approximate surface area is 147 Å². The van der Waals surface area contributed by atoms with Gasteiger partial charge in [0, 0.05) is 26.2 Å². The topological polar surface area (TPSA) is 154 Å². The predicted molar refractivity (Wildman–Crippen MR) is 85.4 cm³/mol. The van der Waals surface area contributed by atoms with E-state index in [0.29, 0.717) is 13.1 Å². The van der Waals surface area contributed by atoms with Gasteiger partial charge in [-0.05, 0) is 18.8 Å². The molecular weight excluding hydrogens is 352 g/mol. The zero-order valence-corrected chi connectivity index (χ0v) is 14.3. The van der Waals surface area contributed by atoms with Gasteiger partial charge >= 0.3 is 17.6 Å². The zero-order valence-electron chi connectivity index (χ0n) is 14.3. The van der Waals surface area contributed by atoms with Crippen LogP contribution in [0.1, 0.15) is 12.6 Å². The molecule has 0 aliphatic carbocycles. The highest BCUT2D eigenvalue weighted by molar-refractivity contribution is 5.77. The molecule has 0 saturated carbocycles. The lowest BCUT2D eigenvalue weighted by molar-refractivity contribution is -0.424. The molecule has 1 fully saturated rings. The normalized spacial score (nSPS) is 14.2. The van der Waals surface area contributed by atoms with E-state index in [9.17, 15) is 29.8 Å². The predicted octanol–water partition coefficient (Wildman–Crippen LogP) is 0.309. The summed E-state index contributed by atoms with van der Waals surface area (Å²) in [6.07, 6.45) is -0.450. The molecule has 142 valence electrons. The van der Waals surface area contributed by atoms with E-state index >= 15 is 0 Å². The molecule has 1 aliphatic rings. The maximum atomic E-state index is 12.4. The first-order valence-corrected chi connectivity index (χ1v) is 7.81. The fraction of sp³-hybridized carbons (Fsp3) is 0.615. The van der Waals surface area contributed by atoms with Crippen molar-refractivity contribution in [1.82, 2.24) is 19.6 Å². The second-order valence-electron chi connectivity index (χ2n) is 5.50. The molecule has 2 rings (SSSR count). The second kappa shape index (κ2) is 7.76. The Bertz CT molecular complexity index is 738. The van der Waals surface area contributed by atoms with E-state index in [-0.39, 0.29) is 31.9 Å². The molecule has 0 N–H and O–H groups in total. The lowest BCUT2D eigenvalue weighted by Crippen LogP contribution is -2.51. The number of carbonyl (C=O) groups excluding carboxylic acids is 2. The number of aromatic nitrogens is 2. The SMILES string of the molecule is CCOC(=O)N1CCN(C(=O)Cn2nc([N+](=O)[O-])c([N+](=O)[O-])c2C)CC1. The summed E-state index contributed by atoms with van der Waals surface area (Å²) in [6.45, 7) is 4.01. The van der Waals surface area contributed by atoms with Crippen LogP contribution in [0.2, 0.25) is 0 Å². The summed E-state index contributed by atoms with van der Waals surface area (Å²) in [6, 6.07) is 0. The molecule has 1 aromatic heterocycles. The molecule has 0 atom stereocenters. The Morgan fingerprint density at radius 3 is 2.15 bits per heavy atom. The number of amides is 2. The molecule has 13 heteroatoms. The number of hydrogen-bond donors (Lipinski definition) is 0. The molecule has 1 saturated heterocycles. The van der Waals surface area contributed by atoms with E-state index in [1.54, 1.807) is 6.92 Å². The van der Waals surface area contributed by atoms with Crippen molar-refractivity contribution in [3.05, 3.63) is 25.9 Å². The molecule has 26 heavy (non-hydrogen) atoms. The standard InChI is InChI=1S/C13H18N6O7/c1-3-26-13(21)16-6-4-15(5-7-16)10(20)8-17-9(2)11(18(22)23)12(14-17)19(24)25/h3-8H2,1-2H3. The molecule has 2 amide bonds. The van der Waals surface area contributed by atoms with Crippen LogP contribution in [0.25, 0.3) is 0 Å². The monoisotopic (exact) mass is 370 g/mol. The van der Waals surface area contributed by atoms with Crippen molar-refractivity contribution in [1.29, 1.82) is 0 Å². The Balaban J connectivity index is 2.05. The van der Waals surface area contributed by atoms with Crippen LogP contribution in [0.15, 0.2) is 0 Å². The number of hydrogen-bond acceptors (Lipinski definition) is 8. The Kier molecular flexibility index (Phi) is 5.69. The minimum absolute atomic E-state index is 0.0693. The summed E-state index contributed by atoms with van der Waals surface area (Å²) in [5.74, 6) is -1.30. The summed E-state index contributed by atoms with van der Waals surface area (Å²) in [4.78, 5) is 47.0. The number of nitro groups is 2. The third-order valence-electron chi connectivity index (χ3n) is 3.96. The summed E-state index contributed by atoms with van der Waals surface area (Å²) in [7, 11) is 0. The van der Waals surface area contributed by atoms with E-state index in [2.05, 4.69) is 5.10 Å². The molecule has 1 aliphatic heterocycles. The molecule has 1 aromatic rings. The lowest BCUT2D eigenvalue weighted by atomic mass is 10.3. The van der Waals surface area contributed by atoms with Crippen LogP contribution in [-0.4, -0.2) is 74.2 Å². The fourth-order valence-corrected chi connectivity index (χ4v) is 2.59. The van der Waals surface area contributed by atoms with E-state index in [0.717, 1.165) is 4.68 Å². The average Bonchev–Trinajstić information content (AvgIpc) is 2.92. The Morgan fingerprint density at radius 1 is 1.12 bits per heavy atom. The van der Waals surface area contributed by atoms with Crippen LogP contribution in [0, 0.1) is 27.2 Å². The zero-order chi connectivity index (χ0) is 19.4. The van der Waals surface area contributed by atoms with E-state index < -0.39 is 33.4 Å². The minimum atomic E-state index is -0.954. The molecule has 2 heterocycles. The van der Waals surface area contributed by atoms with Crippen LogP contribution in [0.5, 0.6) is 0 Å². The summed E-state index contributed by atoms with van der Waals surface area (Å²) in [5, 5.41) is 25.5. The highest BCUT2D eigenvalue weighted by atomic mass is 16.6. The van der Waals surface area contributed by atoms with Crippen molar-refractivity contribution in [3.8, 4) is 0 Å². The van der Waals surface area contributed by atoms with Crippen LogP contribution < -0.4 is 0 Å². The Hall–Kier alpha value is -3.25. The molecule has 0 radical (unpaired) electrons. The van der Waals surface area contributed by atoms with Gasteiger partial charge in [-0.25, -0.2) is 4.79 Å². The number of rotatable bonds is 5. The minimum Gasteiger partial charge on any atom is -0.450 e. The van der Waals surface area contributed by atoms with Gasteiger partial charge < -0.3 is 24.7 Å². The second-order valence-corrected chi connectivity index (χ2v) is 5.50. The molecule has 0 spiro atoms. The van der Waals surface area contributed by atoms with Crippen molar-refractivity contribution in [2.24, 2.45) is 0 Å². The van der Waals surface area contributed by atoms with Gasteiger partial charge in [0.25, 0.3) is 0 Å². The largest absolute Gasteiger partial charge is 0.468 e. The first-order valence-electron chi connectivity index (χ1n) is 7.81. The molecule has 0 aromatic carbocycles. The van der Waals surface area contributed by atoms with Gasteiger partial charge in [0.1, 0.15) is 12.2 Å². The first kappa shape index (κ1) is 19.1. The van der Waals surface area contributed by atoms with Gasteiger partial charge in [-0.15, -0.1) is 0 Å². The van der Waals surface area contributed by atoms with Crippen molar-refractivity contribution >= 4 is 23.5 Å². The van der Waals surface area contributed by atoms with Gasteiger partial charge in [-0.2, -0.15) is 4.68 Å². The summed E-state index contributed by atoms with van der Waals surface area (Å²) >= 11 is 0. The van der Waals surface area contributed by atoms with Crippen molar-refractivity contribution in [2.75, 3.05) is 32.8 Å². The van der Waals surface area contributed by atoms with Gasteiger partial charge in [-0.3, -0.25) is 14.9 Å². The van der Waals surface area contributed by atoms with E-state index in [1.807, 2.05) is 0 Å². The smallest absolute Gasteiger partial charge is 0.450 e. The van der Waals surface area contributed by atoms with Gasteiger partial charge in [0.05, 0.1) is 16.6 Å². The molecular formula is C13H18N6O7. The lowest BCUT2D eigenvalue weighted by Gasteiger charge is -2.33. The number of ether oxygens (including phenoxy) is 1. The number of nitrogens with zero attached hydrogens (tertiary/aromatic N) is 6. The van der Waals surface area contributed by atoms with Gasteiger partial charge in [0.2, 0.25) is 5.91 Å². The maximum absolute atomic E-state index is 12.4. The van der Waals surface area contributed by atoms with Crippen molar-refractivity contribution in [3.63, 3.8) is 0 Å². The van der Waals surface area contributed by atoms with E-state index in [4.69, 9.17) is 4.74 Å². The van der Waals surface area contributed by atoms with Crippen molar-refractivity contribution < 1.29 is 24.2 Å². The van der Waals surface area contributed by atoms with E-state index in [1.165, 1.54) is 16.7 Å². The first-order chi connectivity index (χ1) is 12.3. The van der Waals surface area contributed by atoms with Crippen LogP contribution in [0.4, 0.5) is 16.3 Å². The third-order valence-corrected chi connectivity index (χ3v) is 3.96. The molecule has 0 bridgehead atoms. The highest BCUT2D eigenvalue weighted by Gasteiger charge is 2.36. The summed E-state index contributed by atoms with van der Waals surface area (Å²) < 4.78 is 5.85. The van der Waals surface area contributed by atoms with Crippen LogP contribution in [0.3, 0.4) is 0 Å². The third kappa shape index (κ3) is 3.87. The average molecular weight is 370 g/mol. The molecule has 0 unspecified atom stereocenters. The number of carbonyl (C=O) groups is 2. The van der Waals surface area contributed by atoms with Crippen LogP contribution >= 0.6 is 0 Å².